The molecule has 0 spiro atoms. The highest BCUT2D eigenvalue weighted by atomic mass is 32.2. The van der Waals surface area contributed by atoms with Gasteiger partial charge in [-0.05, 0) is 24.3 Å². The molecule has 0 aromatic carbocycles. The molecule has 1 N–H and O–H groups in total. The zero-order chi connectivity index (χ0) is 10.1. The highest BCUT2D eigenvalue weighted by molar-refractivity contribution is 7.90. The number of rotatable bonds is 5. The van der Waals surface area contributed by atoms with Crippen LogP contribution in [0.5, 0.6) is 0 Å². The molecule has 0 aromatic rings. The summed E-state index contributed by atoms with van der Waals surface area (Å²) in [5.74, 6) is 0.993. The number of sulfone groups is 1. The van der Waals surface area contributed by atoms with Crippen molar-refractivity contribution >= 4 is 9.84 Å². The molecular weight excluding hydrogens is 186 g/mol. The summed E-state index contributed by atoms with van der Waals surface area (Å²) >= 11 is 0. The Hall–Kier alpha value is -0.0900. The van der Waals surface area contributed by atoms with Gasteiger partial charge in [-0.2, -0.15) is 0 Å². The molecule has 1 fully saturated rings. The lowest BCUT2D eigenvalue weighted by atomic mass is 10.1. The maximum Gasteiger partial charge on any atom is 0.148 e. The van der Waals surface area contributed by atoms with Gasteiger partial charge in [0.2, 0.25) is 0 Å². The van der Waals surface area contributed by atoms with Gasteiger partial charge in [-0.3, -0.25) is 0 Å². The molecule has 0 bridgehead atoms. The van der Waals surface area contributed by atoms with Gasteiger partial charge in [0.25, 0.3) is 0 Å². The van der Waals surface area contributed by atoms with E-state index in [1.807, 2.05) is 0 Å². The van der Waals surface area contributed by atoms with E-state index >= 15 is 0 Å². The van der Waals surface area contributed by atoms with Crippen molar-refractivity contribution in [2.24, 2.45) is 11.3 Å². The molecule has 13 heavy (non-hydrogen) atoms. The van der Waals surface area contributed by atoms with Crippen molar-refractivity contribution in [3.05, 3.63) is 0 Å². The molecule has 1 atom stereocenters. The Morgan fingerprint density at radius 3 is 2.38 bits per heavy atom. The van der Waals surface area contributed by atoms with E-state index in [2.05, 4.69) is 19.2 Å². The van der Waals surface area contributed by atoms with Crippen molar-refractivity contribution in [3.63, 3.8) is 0 Å². The van der Waals surface area contributed by atoms with E-state index in [-0.39, 0.29) is 5.75 Å². The maximum absolute atomic E-state index is 10.8. The molecule has 1 aliphatic rings. The fraction of sp³-hybridized carbons (Fsp3) is 1.00. The van der Waals surface area contributed by atoms with Gasteiger partial charge >= 0.3 is 0 Å². The van der Waals surface area contributed by atoms with Gasteiger partial charge in [0, 0.05) is 12.8 Å². The first kappa shape index (κ1) is 11.0. The lowest BCUT2D eigenvalue weighted by Gasteiger charge is -2.04. The third kappa shape index (κ3) is 4.09. The predicted molar refractivity (Wildman–Crippen MR) is 54.5 cm³/mol. The Balaban J connectivity index is 2.04. The van der Waals surface area contributed by atoms with Crippen LogP contribution >= 0.6 is 0 Å². The van der Waals surface area contributed by atoms with Gasteiger partial charge in [0.1, 0.15) is 9.84 Å². The minimum absolute atomic E-state index is 0.250. The van der Waals surface area contributed by atoms with Crippen LogP contribution in [0.2, 0.25) is 0 Å². The second-order valence-electron chi connectivity index (χ2n) is 4.72. The topological polar surface area (TPSA) is 46.2 Å². The summed E-state index contributed by atoms with van der Waals surface area (Å²) in [6.07, 6.45) is 2.54. The second kappa shape index (κ2) is 3.58. The van der Waals surface area contributed by atoms with Crippen molar-refractivity contribution in [1.82, 2.24) is 5.32 Å². The SMILES string of the molecule is CC1(C)CC1CNCCS(C)(=O)=O. The van der Waals surface area contributed by atoms with Crippen molar-refractivity contribution in [2.45, 2.75) is 20.3 Å². The van der Waals surface area contributed by atoms with E-state index in [1.54, 1.807) is 0 Å². The van der Waals surface area contributed by atoms with E-state index < -0.39 is 9.84 Å². The van der Waals surface area contributed by atoms with Crippen LogP contribution in [-0.2, 0) is 9.84 Å². The van der Waals surface area contributed by atoms with E-state index in [0.717, 1.165) is 12.5 Å². The summed E-state index contributed by atoms with van der Waals surface area (Å²) in [6.45, 7) is 6.04. The van der Waals surface area contributed by atoms with Gasteiger partial charge in [-0.15, -0.1) is 0 Å². The molecule has 0 aromatic heterocycles. The van der Waals surface area contributed by atoms with Gasteiger partial charge in [0.15, 0.2) is 0 Å². The Bertz CT molecular complexity index is 269. The van der Waals surface area contributed by atoms with Gasteiger partial charge < -0.3 is 5.32 Å². The molecule has 1 unspecified atom stereocenters. The molecule has 0 heterocycles. The Morgan fingerprint density at radius 2 is 2.00 bits per heavy atom. The predicted octanol–water partition coefficient (Wildman–Crippen LogP) is 0.667. The minimum Gasteiger partial charge on any atom is -0.315 e. The summed E-state index contributed by atoms with van der Waals surface area (Å²) in [7, 11) is -2.79. The zero-order valence-electron chi connectivity index (χ0n) is 8.63. The molecule has 0 amide bonds. The fourth-order valence-electron chi connectivity index (χ4n) is 1.46. The van der Waals surface area contributed by atoms with E-state index in [0.29, 0.717) is 12.0 Å². The second-order valence-corrected chi connectivity index (χ2v) is 6.98. The number of nitrogens with one attached hydrogen (secondary N) is 1. The average molecular weight is 205 g/mol. The van der Waals surface area contributed by atoms with E-state index in [4.69, 9.17) is 0 Å². The first-order chi connectivity index (χ1) is 5.81. The highest BCUT2D eigenvalue weighted by Crippen LogP contribution is 2.50. The van der Waals surface area contributed by atoms with Crippen LogP contribution in [0.4, 0.5) is 0 Å². The first-order valence-electron chi connectivity index (χ1n) is 4.70. The van der Waals surface area contributed by atoms with Crippen LogP contribution in [0.1, 0.15) is 20.3 Å². The Labute approximate surface area is 80.8 Å². The Kier molecular flexibility index (Phi) is 3.02. The van der Waals surface area contributed by atoms with Gasteiger partial charge in [0.05, 0.1) is 5.75 Å². The maximum atomic E-state index is 10.8. The van der Waals surface area contributed by atoms with Crippen molar-refractivity contribution < 1.29 is 8.42 Å². The van der Waals surface area contributed by atoms with Gasteiger partial charge in [-0.25, -0.2) is 8.42 Å². The molecule has 1 rings (SSSR count). The molecule has 0 radical (unpaired) electrons. The average Bonchev–Trinajstić information content (AvgIpc) is 2.50. The largest absolute Gasteiger partial charge is 0.315 e. The molecule has 1 aliphatic carbocycles. The van der Waals surface area contributed by atoms with Crippen LogP contribution in [0.25, 0.3) is 0 Å². The standard InChI is InChI=1S/C9H19NO2S/c1-9(2)6-8(9)7-10-4-5-13(3,11)12/h8,10H,4-7H2,1-3H3. The lowest BCUT2D eigenvalue weighted by Crippen LogP contribution is -2.25. The minimum atomic E-state index is -2.79. The summed E-state index contributed by atoms with van der Waals surface area (Å²) in [6, 6.07) is 0. The third-order valence-electron chi connectivity index (χ3n) is 2.76. The van der Waals surface area contributed by atoms with E-state index in [1.165, 1.54) is 12.7 Å². The molecule has 0 aliphatic heterocycles. The highest BCUT2D eigenvalue weighted by Gasteiger charge is 2.44. The molecule has 3 nitrogen and oxygen atoms in total. The van der Waals surface area contributed by atoms with E-state index in [9.17, 15) is 8.42 Å². The Morgan fingerprint density at radius 1 is 1.46 bits per heavy atom. The molecule has 4 heteroatoms. The molecule has 1 saturated carbocycles. The fourth-order valence-corrected chi connectivity index (χ4v) is 1.97. The van der Waals surface area contributed by atoms with Crippen molar-refractivity contribution in [2.75, 3.05) is 25.1 Å². The third-order valence-corrected chi connectivity index (χ3v) is 3.70. The summed E-state index contributed by atoms with van der Waals surface area (Å²) in [5, 5.41) is 3.18. The quantitative estimate of drug-likeness (QED) is 0.671. The summed E-state index contributed by atoms with van der Waals surface area (Å²) in [5.41, 5.74) is 0.484. The molecular formula is C9H19NO2S. The lowest BCUT2D eigenvalue weighted by molar-refractivity contribution is 0.525. The van der Waals surface area contributed by atoms with Crippen molar-refractivity contribution in [3.8, 4) is 0 Å². The van der Waals surface area contributed by atoms with Crippen LogP contribution in [0.3, 0.4) is 0 Å². The van der Waals surface area contributed by atoms with Crippen LogP contribution in [0, 0.1) is 11.3 Å². The number of hydrogen-bond donors (Lipinski definition) is 1. The van der Waals surface area contributed by atoms with Gasteiger partial charge in [-0.1, -0.05) is 13.8 Å². The van der Waals surface area contributed by atoms with Crippen molar-refractivity contribution in [1.29, 1.82) is 0 Å². The normalized spacial score (nSPS) is 25.9. The first-order valence-corrected chi connectivity index (χ1v) is 6.76. The monoisotopic (exact) mass is 205 g/mol. The van der Waals surface area contributed by atoms with Crippen LogP contribution < -0.4 is 5.32 Å². The molecule has 0 saturated heterocycles. The van der Waals surface area contributed by atoms with Crippen LogP contribution in [0.15, 0.2) is 0 Å². The smallest absolute Gasteiger partial charge is 0.148 e. The summed E-state index contributed by atoms with van der Waals surface area (Å²) in [4.78, 5) is 0. The van der Waals surface area contributed by atoms with Crippen LogP contribution in [-0.4, -0.2) is 33.5 Å². The number of hydrogen-bond acceptors (Lipinski definition) is 3. The summed E-state index contributed by atoms with van der Waals surface area (Å²) < 4.78 is 21.6. The molecule has 78 valence electrons. The zero-order valence-corrected chi connectivity index (χ0v) is 9.45.